The first-order chi connectivity index (χ1) is 12.8. The number of imide groups is 1. The van der Waals surface area contributed by atoms with Crippen molar-refractivity contribution in [2.45, 2.75) is 0 Å². The molecular formula is C18H12BrClN2O4S. The highest BCUT2D eigenvalue weighted by Gasteiger charge is 2.36. The third kappa shape index (κ3) is 4.71. The molecule has 0 atom stereocenters. The van der Waals surface area contributed by atoms with Crippen molar-refractivity contribution in [2.75, 3.05) is 11.9 Å². The van der Waals surface area contributed by atoms with Gasteiger partial charge < -0.3 is 10.4 Å². The Morgan fingerprint density at radius 2 is 1.93 bits per heavy atom. The lowest BCUT2D eigenvalue weighted by Crippen LogP contribution is -2.36. The lowest BCUT2D eigenvalue weighted by molar-refractivity contribution is -0.127. The molecule has 1 aliphatic heterocycles. The van der Waals surface area contributed by atoms with Crippen molar-refractivity contribution in [3.8, 4) is 5.75 Å². The van der Waals surface area contributed by atoms with Gasteiger partial charge in [-0.2, -0.15) is 0 Å². The molecule has 0 bridgehead atoms. The second-order valence-corrected chi connectivity index (χ2v) is 7.82. The highest BCUT2D eigenvalue weighted by molar-refractivity contribution is 9.10. The molecule has 0 unspecified atom stereocenters. The number of hydrogen-bond donors (Lipinski definition) is 2. The predicted molar refractivity (Wildman–Crippen MR) is 109 cm³/mol. The van der Waals surface area contributed by atoms with E-state index in [0.29, 0.717) is 20.7 Å². The molecule has 3 amide bonds. The number of hydrogen-bond acceptors (Lipinski definition) is 5. The summed E-state index contributed by atoms with van der Waals surface area (Å²) in [4.78, 5) is 37.8. The van der Waals surface area contributed by atoms with Gasteiger partial charge in [0.05, 0.1) is 9.38 Å². The van der Waals surface area contributed by atoms with Crippen LogP contribution in [0.5, 0.6) is 5.75 Å². The molecule has 0 spiro atoms. The molecule has 1 fully saturated rings. The highest BCUT2D eigenvalue weighted by Crippen LogP contribution is 2.33. The second kappa shape index (κ2) is 8.16. The quantitative estimate of drug-likeness (QED) is 0.647. The number of carbonyl (C=O) groups is 3. The average molecular weight is 468 g/mol. The maximum Gasteiger partial charge on any atom is 0.294 e. The number of phenolic OH excluding ortho intramolecular Hbond substituents is 1. The molecule has 3 rings (SSSR count). The number of anilines is 1. The molecule has 6 nitrogen and oxygen atoms in total. The van der Waals surface area contributed by atoms with E-state index in [9.17, 15) is 19.5 Å². The first kappa shape index (κ1) is 19.5. The van der Waals surface area contributed by atoms with Gasteiger partial charge in [-0.25, -0.2) is 0 Å². The topological polar surface area (TPSA) is 86.7 Å². The van der Waals surface area contributed by atoms with Gasteiger partial charge in [0, 0.05) is 10.7 Å². The van der Waals surface area contributed by atoms with Crippen LogP contribution in [0.15, 0.2) is 51.8 Å². The number of benzene rings is 2. The number of nitrogens with one attached hydrogen (secondary N) is 1. The van der Waals surface area contributed by atoms with Crippen LogP contribution in [0.3, 0.4) is 0 Å². The van der Waals surface area contributed by atoms with Crippen molar-refractivity contribution >= 4 is 68.1 Å². The fourth-order valence-electron chi connectivity index (χ4n) is 2.28. The van der Waals surface area contributed by atoms with Crippen molar-refractivity contribution in [3.63, 3.8) is 0 Å². The highest BCUT2D eigenvalue weighted by atomic mass is 79.9. The van der Waals surface area contributed by atoms with E-state index in [-0.39, 0.29) is 17.2 Å². The molecule has 27 heavy (non-hydrogen) atoms. The lowest BCUT2D eigenvalue weighted by atomic mass is 10.2. The number of thioether (sulfide) groups is 1. The van der Waals surface area contributed by atoms with Gasteiger partial charge >= 0.3 is 0 Å². The van der Waals surface area contributed by atoms with Crippen LogP contribution in [0.25, 0.3) is 6.08 Å². The summed E-state index contributed by atoms with van der Waals surface area (Å²) in [5, 5.41) is 12.1. The van der Waals surface area contributed by atoms with Crippen LogP contribution in [-0.2, 0) is 9.59 Å². The second-order valence-electron chi connectivity index (χ2n) is 5.53. The van der Waals surface area contributed by atoms with E-state index in [1.54, 1.807) is 36.4 Å². The van der Waals surface area contributed by atoms with Gasteiger partial charge in [0.15, 0.2) is 0 Å². The van der Waals surface area contributed by atoms with Crippen molar-refractivity contribution in [1.82, 2.24) is 4.90 Å². The maximum absolute atomic E-state index is 12.5. The molecule has 2 aromatic carbocycles. The lowest BCUT2D eigenvalue weighted by Gasteiger charge is -2.12. The molecular weight excluding hydrogens is 456 g/mol. The van der Waals surface area contributed by atoms with Crippen LogP contribution in [-0.4, -0.2) is 33.6 Å². The SMILES string of the molecule is O=C(CN1C(=O)S/C(=C/c2ccc(O)c(Br)c2)C1=O)Nc1ccc(Cl)cc1. The van der Waals surface area contributed by atoms with Gasteiger partial charge in [-0.15, -0.1) is 0 Å². The number of phenols is 1. The molecule has 0 aromatic heterocycles. The molecule has 1 saturated heterocycles. The third-order valence-electron chi connectivity index (χ3n) is 3.57. The summed E-state index contributed by atoms with van der Waals surface area (Å²) in [6, 6.07) is 11.2. The van der Waals surface area contributed by atoms with Crippen LogP contribution in [0.1, 0.15) is 5.56 Å². The Bertz CT molecular complexity index is 962. The Kier molecular flexibility index (Phi) is 5.88. The molecule has 1 aliphatic rings. The minimum atomic E-state index is -0.541. The zero-order chi connectivity index (χ0) is 19.6. The Labute approximate surface area is 172 Å². The van der Waals surface area contributed by atoms with E-state index < -0.39 is 17.1 Å². The molecule has 0 saturated carbocycles. The van der Waals surface area contributed by atoms with Crippen LogP contribution in [0.2, 0.25) is 5.02 Å². The van der Waals surface area contributed by atoms with Crippen molar-refractivity contribution in [1.29, 1.82) is 0 Å². The fraction of sp³-hybridized carbons (Fsp3) is 0.0556. The van der Waals surface area contributed by atoms with Gasteiger partial charge in [0.1, 0.15) is 12.3 Å². The predicted octanol–water partition coefficient (Wildman–Crippen LogP) is 4.48. The van der Waals surface area contributed by atoms with Crippen molar-refractivity contribution < 1.29 is 19.5 Å². The molecule has 9 heteroatoms. The van der Waals surface area contributed by atoms with Gasteiger partial charge in [0.25, 0.3) is 11.1 Å². The normalized spacial score (nSPS) is 15.5. The summed E-state index contributed by atoms with van der Waals surface area (Å²) < 4.78 is 0.470. The summed E-state index contributed by atoms with van der Waals surface area (Å²) in [5.74, 6) is -0.965. The maximum atomic E-state index is 12.5. The first-order valence-electron chi connectivity index (χ1n) is 7.63. The molecule has 2 N–H and O–H groups in total. The van der Waals surface area contributed by atoms with Gasteiger partial charge in [-0.3, -0.25) is 19.3 Å². The first-order valence-corrected chi connectivity index (χ1v) is 9.61. The number of amides is 3. The number of rotatable bonds is 4. The summed E-state index contributed by atoms with van der Waals surface area (Å²) in [6.07, 6.45) is 1.53. The monoisotopic (exact) mass is 466 g/mol. The number of aromatic hydroxyl groups is 1. The molecule has 1 heterocycles. The number of carbonyl (C=O) groups excluding carboxylic acids is 3. The molecule has 2 aromatic rings. The summed E-state index contributed by atoms with van der Waals surface area (Å²) in [7, 11) is 0. The van der Waals surface area contributed by atoms with E-state index in [4.69, 9.17) is 11.6 Å². The fourth-order valence-corrected chi connectivity index (χ4v) is 3.64. The van der Waals surface area contributed by atoms with Gasteiger partial charge in [0.2, 0.25) is 5.91 Å². The third-order valence-corrected chi connectivity index (χ3v) is 5.37. The number of nitrogens with zero attached hydrogens (tertiary/aromatic N) is 1. The smallest absolute Gasteiger partial charge is 0.294 e. The van der Waals surface area contributed by atoms with Crippen LogP contribution in [0, 0.1) is 0 Å². The average Bonchev–Trinajstić information content (AvgIpc) is 2.87. The molecule has 0 aliphatic carbocycles. The van der Waals surface area contributed by atoms with Crippen molar-refractivity contribution in [3.05, 3.63) is 62.4 Å². The largest absolute Gasteiger partial charge is 0.507 e. The van der Waals surface area contributed by atoms with Crippen molar-refractivity contribution in [2.24, 2.45) is 0 Å². The standard InChI is InChI=1S/C18H12BrClN2O4S/c19-13-7-10(1-6-14(13)23)8-15-17(25)22(18(26)27-15)9-16(24)21-12-4-2-11(20)3-5-12/h1-8,23H,9H2,(H,21,24)/b15-8+. The van der Waals surface area contributed by atoms with Gasteiger partial charge in [-0.1, -0.05) is 17.7 Å². The van der Waals surface area contributed by atoms with Crippen LogP contribution >= 0.6 is 39.3 Å². The molecule has 138 valence electrons. The minimum absolute atomic E-state index is 0.0686. The zero-order valence-electron chi connectivity index (χ0n) is 13.6. The van der Waals surface area contributed by atoms with Gasteiger partial charge in [-0.05, 0) is 75.7 Å². The van der Waals surface area contributed by atoms with E-state index >= 15 is 0 Å². The Hall–Kier alpha value is -2.29. The Morgan fingerprint density at radius 1 is 1.22 bits per heavy atom. The minimum Gasteiger partial charge on any atom is -0.507 e. The summed E-state index contributed by atoms with van der Waals surface area (Å²) >= 11 is 9.74. The number of halogens is 2. The summed E-state index contributed by atoms with van der Waals surface area (Å²) in [5.41, 5.74) is 1.15. The van der Waals surface area contributed by atoms with E-state index in [0.717, 1.165) is 16.7 Å². The van der Waals surface area contributed by atoms with Crippen LogP contribution in [0.4, 0.5) is 10.5 Å². The summed E-state index contributed by atoms with van der Waals surface area (Å²) in [6.45, 7) is -0.385. The van der Waals surface area contributed by atoms with E-state index in [1.165, 1.54) is 12.1 Å². The Balaban J connectivity index is 1.70. The zero-order valence-corrected chi connectivity index (χ0v) is 16.8. The van der Waals surface area contributed by atoms with E-state index in [1.807, 2.05) is 0 Å². The molecule has 0 radical (unpaired) electrons. The van der Waals surface area contributed by atoms with E-state index in [2.05, 4.69) is 21.2 Å². The van der Waals surface area contributed by atoms with Crippen LogP contribution < -0.4 is 5.32 Å². The Morgan fingerprint density at radius 3 is 2.59 bits per heavy atom.